The Morgan fingerprint density at radius 2 is 1.62 bits per heavy atom. The summed E-state index contributed by atoms with van der Waals surface area (Å²) in [5.74, 6) is 0.631. The highest BCUT2D eigenvalue weighted by Gasteiger charge is 2.08. The molecule has 0 atom stereocenters. The fourth-order valence-electron chi connectivity index (χ4n) is 0.959. The summed E-state index contributed by atoms with van der Waals surface area (Å²) in [5.41, 5.74) is 0. The van der Waals surface area contributed by atoms with E-state index in [4.69, 9.17) is 39.5 Å². The molecule has 4 nitrogen and oxygen atoms in total. The largest absolute Gasteiger partial charge is 0.436 e. The number of benzene rings is 1. The highest BCUT2D eigenvalue weighted by molar-refractivity contribution is 6.31. The van der Waals surface area contributed by atoms with Gasteiger partial charge >= 0.3 is 0 Å². The van der Waals surface area contributed by atoms with Crippen molar-refractivity contribution in [2.24, 2.45) is 0 Å². The fraction of sp³-hybridized carbons (Fsp3) is 0. The van der Waals surface area contributed by atoms with Crippen molar-refractivity contribution in [2.45, 2.75) is 0 Å². The van der Waals surface area contributed by atoms with Gasteiger partial charge in [-0.05, 0) is 35.9 Å². The van der Waals surface area contributed by atoms with Crippen LogP contribution >= 0.6 is 34.8 Å². The molecule has 0 fully saturated rings. The summed E-state index contributed by atoms with van der Waals surface area (Å²) in [6, 6.07) is 6.71. The highest BCUT2D eigenvalue weighted by atomic mass is 35.5. The maximum Gasteiger partial charge on any atom is 0.262 e. The Hall–Kier alpha value is -1.10. The molecule has 7 heteroatoms. The second-order valence-electron chi connectivity index (χ2n) is 2.73. The van der Waals surface area contributed by atoms with Crippen LogP contribution in [0, 0.1) is 0 Å². The van der Waals surface area contributed by atoms with Crippen LogP contribution in [-0.4, -0.2) is 15.2 Å². The lowest BCUT2D eigenvalue weighted by Crippen LogP contribution is -1.94. The van der Waals surface area contributed by atoms with Gasteiger partial charge in [0.15, 0.2) is 0 Å². The standard InChI is InChI=1S/C9H4Cl3N3O/c10-5-1-3-6(4-2-5)16-8-7(11)14-15-9(12)13-8/h1-4H. The first-order valence-corrected chi connectivity index (χ1v) is 5.27. The minimum Gasteiger partial charge on any atom is -0.436 e. The molecule has 0 spiro atoms. The summed E-state index contributed by atoms with van der Waals surface area (Å²) in [4.78, 5) is 3.80. The number of aromatic nitrogens is 3. The van der Waals surface area contributed by atoms with Crippen molar-refractivity contribution in [3.63, 3.8) is 0 Å². The summed E-state index contributed by atoms with van der Waals surface area (Å²) < 4.78 is 5.36. The van der Waals surface area contributed by atoms with E-state index in [1.165, 1.54) is 0 Å². The summed E-state index contributed by atoms with van der Waals surface area (Å²) in [6.07, 6.45) is 0. The minimum atomic E-state index is -0.0339. The maximum atomic E-state index is 5.73. The van der Waals surface area contributed by atoms with Crippen LogP contribution in [0.25, 0.3) is 0 Å². The molecule has 0 aliphatic carbocycles. The van der Waals surface area contributed by atoms with Gasteiger partial charge in [0.1, 0.15) is 5.75 Å². The van der Waals surface area contributed by atoms with Crippen molar-refractivity contribution in [3.8, 4) is 11.6 Å². The van der Waals surface area contributed by atoms with E-state index in [1.54, 1.807) is 24.3 Å². The Kier molecular flexibility index (Phi) is 3.43. The first-order valence-electron chi connectivity index (χ1n) is 4.14. The van der Waals surface area contributed by atoms with Crippen molar-refractivity contribution >= 4 is 34.8 Å². The number of halogens is 3. The lowest BCUT2D eigenvalue weighted by molar-refractivity contribution is 0.457. The molecule has 0 aliphatic heterocycles. The average Bonchev–Trinajstić information content (AvgIpc) is 2.27. The molecule has 2 rings (SSSR count). The monoisotopic (exact) mass is 275 g/mol. The molecule has 0 radical (unpaired) electrons. The number of hydrogen-bond acceptors (Lipinski definition) is 4. The van der Waals surface area contributed by atoms with Gasteiger partial charge in [0.2, 0.25) is 10.4 Å². The molecule has 0 amide bonds. The summed E-state index contributed by atoms with van der Waals surface area (Å²) in [5, 5.41) is 7.64. The van der Waals surface area contributed by atoms with Crippen molar-refractivity contribution in [2.75, 3.05) is 0 Å². The Bertz CT molecular complexity index is 504. The van der Waals surface area contributed by atoms with Gasteiger partial charge in [0.05, 0.1) is 0 Å². The minimum absolute atomic E-state index is 0.0339. The van der Waals surface area contributed by atoms with E-state index in [-0.39, 0.29) is 16.3 Å². The smallest absolute Gasteiger partial charge is 0.262 e. The van der Waals surface area contributed by atoms with Gasteiger partial charge in [0.25, 0.3) is 5.88 Å². The second kappa shape index (κ2) is 4.82. The zero-order valence-corrected chi connectivity index (χ0v) is 9.96. The van der Waals surface area contributed by atoms with Gasteiger partial charge in [0, 0.05) is 5.02 Å². The van der Waals surface area contributed by atoms with Crippen molar-refractivity contribution in [1.82, 2.24) is 15.2 Å². The Labute approximate surface area is 106 Å². The van der Waals surface area contributed by atoms with Gasteiger partial charge in [-0.1, -0.05) is 23.2 Å². The van der Waals surface area contributed by atoms with Crippen LogP contribution in [0.15, 0.2) is 24.3 Å². The van der Waals surface area contributed by atoms with Crippen LogP contribution in [0.5, 0.6) is 11.6 Å². The average molecular weight is 277 g/mol. The molecule has 0 bridgehead atoms. The zero-order chi connectivity index (χ0) is 11.5. The van der Waals surface area contributed by atoms with E-state index in [9.17, 15) is 0 Å². The van der Waals surface area contributed by atoms with Gasteiger partial charge in [-0.15, -0.1) is 10.2 Å². The molecular weight excluding hydrogens is 272 g/mol. The van der Waals surface area contributed by atoms with Crippen molar-refractivity contribution in [1.29, 1.82) is 0 Å². The number of ether oxygens (including phenoxy) is 1. The van der Waals surface area contributed by atoms with E-state index in [1.807, 2.05) is 0 Å². The van der Waals surface area contributed by atoms with Crippen LogP contribution in [0.3, 0.4) is 0 Å². The van der Waals surface area contributed by atoms with E-state index < -0.39 is 0 Å². The van der Waals surface area contributed by atoms with E-state index in [2.05, 4.69) is 15.2 Å². The Morgan fingerprint density at radius 3 is 2.31 bits per heavy atom. The summed E-state index contributed by atoms with van der Waals surface area (Å²) in [7, 11) is 0. The normalized spacial score (nSPS) is 10.2. The molecule has 0 unspecified atom stereocenters. The lowest BCUT2D eigenvalue weighted by atomic mass is 10.3. The summed E-state index contributed by atoms with van der Waals surface area (Å²) in [6.45, 7) is 0. The molecule has 0 N–H and O–H groups in total. The number of nitrogens with zero attached hydrogens (tertiary/aromatic N) is 3. The molecule has 0 aliphatic rings. The predicted octanol–water partition coefficient (Wildman–Crippen LogP) is 3.62. The zero-order valence-electron chi connectivity index (χ0n) is 7.69. The third-order valence-electron chi connectivity index (χ3n) is 1.62. The highest BCUT2D eigenvalue weighted by Crippen LogP contribution is 2.26. The van der Waals surface area contributed by atoms with Crippen LogP contribution < -0.4 is 4.74 Å². The molecule has 2 aromatic rings. The Balaban J connectivity index is 2.26. The van der Waals surface area contributed by atoms with E-state index in [0.29, 0.717) is 10.8 Å². The molecule has 82 valence electrons. The third-order valence-corrected chi connectivity index (χ3v) is 2.27. The van der Waals surface area contributed by atoms with Crippen molar-refractivity contribution < 1.29 is 4.74 Å². The van der Waals surface area contributed by atoms with Crippen molar-refractivity contribution in [3.05, 3.63) is 39.7 Å². The van der Waals surface area contributed by atoms with Crippen LogP contribution in [0.2, 0.25) is 15.5 Å². The first kappa shape index (κ1) is 11.4. The Morgan fingerprint density at radius 1 is 0.938 bits per heavy atom. The van der Waals surface area contributed by atoms with Gasteiger partial charge in [-0.3, -0.25) is 0 Å². The fourth-order valence-corrected chi connectivity index (χ4v) is 1.32. The maximum absolute atomic E-state index is 5.73. The van der Waals surface area contributed by atoms with Gasteiger partial charge < -0.3 is 4.74 Å². The van der Waals surface area contributed by atoms with Gasteiger partial charge in [-0.2, -0.15) is 4.98 Å². The number of rotatable bonds is 2. The second-order valence-corrected chi connectivity index (χ2v) is 3.87. The SMILES string of the molecule is Clc1ccc(Oc2nc(Cl)nnc2Cl)cc1. The molecule has 1 aromatic carbocycles. The molecule has 0 saturated carbocycles. The number of hydrogen-bond donors (Lipinski definition) is 0. The lowest BCUT2D eigenvalue weighted by Gasteiger charge is -2.04. The molecule has 1 aromatic heterocycles. The predicted molar refractivity (Wildman–Crippen MR) is 61.4 cm³/mol. The van der Waals surface area contributed by atoms with Gasteiger partial charge in [-0.25, -0.2) is 0 Å². The van der Waals surface area contributed by atoms with E-state index >= 15 is 0 Å². The van der Waals surface area contributed by atoms with Crippen LogP contribution in [0.4, 0.5) is 0 Å². The third kappa shape index (κ3) is 2.72. The van der Waals surface area contributed by atoms with Crippen LogP contribution in [0.1, 0.15) is 0 Å². The first-order chi connectivity index (χ1) is 7.65. The quantitative estimate of drug-likeness (QED) is 0.840. The molecule has 1 heterocycles. The van der Waals surface area contributed by atoms with E-state index in [0.717, 1.165) is 0 Å². The molecule has 0 saturated heterocycles. The summed E-state index contributed by atoms with van der Waals surface area (Å²) >= 11 is 17.0. The molecular formula is C9H4Cl3N3O. The van der Waals surface area contributed by atoms with Crippen LogP contribution in [-0.2, 0) is 0 Å². The molecule has 16 heavy (non-hydrogen) atoms. The topological polar surface area (TPSA) is 47.9 Å².